The van der Waals surface area contributed by atoms with Gasteiger partial charge < -0.3 is 5.11 Å². The summed E-state index contributed by atoms with van der Waals surface area (Å²) in [5.41, 5.74) is 0. The SMILES string of the molecule is CCC(C(=O)O)N(C)C1C=CCCC1. The van der Waals surface area contributed by atoms with Crippen LogP contribution in [0.25, 0.3) is 0 Å². The van der Waals surface area contributed by atoms with E-state index in [0.717, 1.165) is 12.8 Å². The van der Waals surface area contributed by atoms with Crippen molar-refractivity contribution in [1.82, 2.24) is 4.90 Å². The fourth-order valence-electron chi connectivity index (χ4n) is 2.00. The number of nitrogens with zero attached hydrogens (tertiary/aromatic N) is 1. The van der Waals surface area contributed by atoms with Gasteiger partial charge in [0.2, 0.25) is 0 Å². The van der Waals surface area contributed by atoms with Gasteiger partial charge >= 0.3 is 5.97 Å². The van der Waals surface area contributed by atoms with Crippen molar-refractivity contribution in [2.75, 3.05) is 7.05 Å². The molecule has 1 aliphatic rings. The van der Waals surface area contributed by atoms with E-state index in [1.165, 1.54) is 6.42 Å². The lowest BCUT2D eigenvalue weighted by molar-refractivity contribution is -0.143. The van der Waals surface area contributed by atoms with Crippen LogP contribution in [-0.4, -0.2) is 35.1 Å². The van der Waals surface area contributed by atoms with Crippen molar-refractivity contribution in [3.05, 3.63) is 12.2 Å². The Morgan fingerprint density at radius 2 is 2.43 bits per heavy atom. The van der Waals surface area contributed by atoms with Crippen LogP contribution in [0.3, 0.4) is 0 Å². The van der Waals surface area contributed by atoms with Crippen LogP contribution in [-0.2, 0) is 4.79 Å². The van der Waals surface area contributed by atoms with Gasteiger partial charge in [-0.1, -0.05) is 19.1 Å². The molecule has 3 nitrogen and oxygen atoms in total. The molecule has 80 valence electrons. The normalized spacial score (nSPS) is 23.8. The van der Waals surface area contributed by atoms with E-state index < -0.39 is 5.97 Å². The summed E-state index contributed by atoms with van der Waals surface area (Å²) in [4.78, 5) is 12.9. The zero-order valence-corrected chi connectivity index (χ0v) is 8.94. The summed E-state index contributed by atoms with van der Waals surface area (Å²) < 4.78 is 0. The third-order valence-corrected chi connectivity index (χ3v) is 2.92. The van der Waals surface area contributed by atoms with Crippen molar-refractivity contribution in [2.45, 2.75) is 44.7 Å². The van der Waals surface area contributed by atoms with Crippen molar-refractivity contribution in [1.29, 1.82) is 0 Å². The first-order valence-electron chi connectivity index (χ1n) is 5.28. The van der Waals surface area contributed by atoms with Gasteiger partial charge in [0, 0.05) is 6.04 Å². The summed E-state index contributed by atoms with van der Waals surface area (Å²) >= 11 is 0. The largest absolute Gasteiger partial charge is 0.480 e. The van der Waals surface area contributed by atoms with Crippen LogP contribution in [0.2, 0.25) is 0 Å². The number of likely N-dealkylation sites (N-methyl/N-ethyl adjacent to an activating group) is 1. The third kappa shape index (κ3) is 2.58. The van der Waals surface area contributed by atoms with E-state index in [0.29, 0.717) is 12.5 Å². The number of hydrogen-bond acceptors (Lipinski definition) is 2. The fourth-order valence-corrected chi connectivity index (χ4v) is 2.00. The van der Waals surface area contributed by atoms with E-state index in [1.54, 1.807) is 0 Å². The van der Waals surface area contributed by atoms with Crippen LogP contribution in [0.4, 0.5) is 0 Å². The number of carboxylic acid groups (broad SMARTS) is 1. The minimum absolute atomic E-state index is 0.310. The first kappa shape index (κ1) is 11.2. The highest BCUT2D eigenvalue weighted by Gasteiger charge is 2.25. The van der Waals surface area contributed by atoms with Gasteiger partial charge in [-0.25, -0.2) is 0 Å². The smallest absolute Gasteiger partial charge is 0.320 e. The molecule has 0 amide bonds. The molecular weight excluding hydrogens is 178 g/mol. The Bertz CT molecular complexity index is 225. The standard InChI is InChI=1S/C11H19NO2/c1-3-10(11(13)14)12(2)9-7-5-4-6-8-9/h5,7,9-10H,3-4,6,8H2,1-2H3,(H,13,14). The Hall–Kier alpha value is -0.830. The van der Waals surface area contributed by atoms with Crippen LogP contribution >= 0.6 is 0 Å². The lowest BCUT2D eigenvalue weighted by Crippen LogP contribution is -2.44. The predicted molar refractivity (Wildman–Crippen MR) is 56.3 cm³/mol. The molecule has 2 unspecified atom stereocenters. The lowest BCUT2D eigenvalue weighted by Gasteiger charge is -2.31. The number of rotatable bonds is 4. The molecule has 1 N–H and O–H groups in total. The van der Waals surface area contributed by atoms with Crippen molar-refractivity contribution < 1.29 is 9.90 Å². The second-order valence-electron chi connectivity index (χ2n) is 3.85. The van der Waals surface area contributed by atoms with Crippen molar-refractivity contribution in [2.24, 2.45) is 0 Å². The topological polar surface area (TPSA) is 40.5 Å². The summed E-state index contributed by atoms with van der Waals surface area (Å²) in [5, 5.41) is 9.01. The quantitative estimate of drug-likeness (QED) is 0.700. The number of hydrogen-bond donors (Lipinski definition) is 1. The Morgan fingerprint density at radius 3 is 2.86 bits per heavy atom. The second-order valence-corrected chi connectivity index (χ2v) is 3.85. The Balaban J connectivity index is 2.61. The number of aliphatic carboxylic acids is 1. The van der Waals surface area contributed by atoms with Gasteiger partial charge in [0.25, 0.3) is 0 Å². The maximum atomic E-state index is 10.9. The molecule has 0 saturated carbocycles. The molecule has 0 aromatic heterocycles. The molecule has 0 aromatic carbocycles. The molecule has 1 aliphatic carbocycles. The molecule has 0 aromatic rings. The lowest BCUT2D eigenvalue weighted by atomic mass is 10.00. The Labute approximate surface area is 85.4 Å². The van der Waals surface area contributed by atoms with Crippen LogP contribution in [0.5, 0.6) is 0 Å². The minimum Gasteiger partial charge on any atom is -0.480 e. The van der Waals surface area contributed by atoms with Gasteiger partial charge in [0.1, 0.15) is 6.04 Å². The fraction of sp³-hybridized carbons (Fsp3) is 0.727. The number of carboxylic acids is 1. The number of carbonyl (C=O) groups is 1. The molecule has 0 heterocycles. The van der Waals surface area contributed by atoms with Gasteiger partial charge in [-0.2, -0.15) is 0 Å². The average molecular weight is 197 g/mol. The Kier molecular flexibility index (Phi) is 4.14. The second kappa shape index (κ2) is 5.15. The van der Waals surface area contributed by atoms with Crippen LogP contribution in [0.1, 0.15) is 32.6 Å². The van der Waals surface area contributed by atoms with Gasteiger partial charge in [-0.3, -0.25) is 9.69 Å². The molecule has 0 saturated heterocycles. The van der Waals surface area contributed by atoms with Gasteiger partial charge in [-0.15, -0.1) is 0 Å². The van der Waals surface area contributed by atoms with Gasteiger partial charge in [-0.05, 0) is 32.7 Å². The molecule has 2 atom stereocenters. The molecule has 14 heavy (non-hydrogen) atoms. The molecule has 0 bridgehead atoms. The monoisotopic (exact) mass is 197 g/mol. The van der Waals surface area contributed by atoms with E-state index in [2.05, 4.69) is 12.2 Å². The van der Waals surface area contributed by atoms with E-state index in [1.807, 2.05) is 18.9 Å². The van der Waals surface area contributed by atoms with E-state index in [-0.39, 0.29) is 6.04 Å². The zero-order valence-electron chi connectivity index (χ0n) is 8.94. The molecule has 0 fully saturated rings. The van der Waals surface area contributed by atoms with Crippen LogP contribution < -0.4 is 0 Å². The summed E-state index contributed by atoms with van der Waals surface area (Å²) in [6.07, 6.45) is 8.33. The van der Waals surface area contributed by atoms with Crippen LogP contribution in [0, 0.1) is 0 Å². The first-order chi connectivity index (χ1) is 6.66. The summed E-state index contributed by atoms with van der Waals surface area (Å²) in [5.74, 6) is -0.714. The highest BCUT2D eigenvalue weighted by Crippen LogP contribution is 2.18. The maximum Gasteiger partial charge on any atom is 0.320 e. The molecular formula is C11H19NO2. The summed E-state index contributed by atoms with van der Waals surface area (Å²) in [6.45, 7) is 1.92. The van der Waals surface area contributed by atoms with Gasteiger partial charge in [0.05, 0.1) is 0 Å². The van der Waals surface area contributed by atoms with E-state index in [4.69, 9.17) is 5.11 Å². The summed E-state index contributed by atoms with van der Waals surface area (Å²) in [6, 6.07) is -0.0347. The minimum atomic E-state index is -0.714. The zero-order chi connectivity index (χ0) is 10.6. The summed E-state index contributed by atoms with van der Waals surface area (Å²) in [7, 11) is 1.91. The van der Waals surface area contributed by atoms with Crippen molar-refractivity contribution in [3.8, 4) is 0 Å². The average Bonchev–Trinajstić information content (AvgIpc) is 2.19. The molecule has 0 radical (unpaired) electrons. The molecule has 3 heteroatoms. The Morgan fingerprint density at radius 1 is 1.71 bits per heavy atom. The first-order valence-corrected chi connectivity index (χ1v) is 5.28. The predicted octanol–water partition coefficient (Wildman–Crippen LogP) is 1.89. The number of allylic oxidation sites excluding steroid dienone is 1. The van der Waals surface area contributed by atoms with Gasteiger partial charge in [0.15, 0.2) is 0 Å². The highest BCUT2D eigenvalue weighted by atomic mass is 16.4. The van der Waals surface area contributed by atoms with E-state index >= 15 is 0 Å². The highest BCUT2D eigenvalue weighted by molar-refractivity contribution is 5.73. The third-order valence-electron chi connectivity index (χ3n) is 2.92. The molecule has 0 aliphatic heterocycles. The molecule has 1 rings (SSSR count). The van der Waals surface area contributed by atoms with Crippen molar-refractivity contribution >= 4 is 5.97 Å². The van der Waals surface area contributed by atoms with E-state index in [9.17, 15) is 4.79 Å². The maximum absolute atomic E-state index is 10.9. The van der Waals surface area contributed by atoms with Crippen molar-refractivity contribution in [3.63, 3.8) is 0 Å². The molecule has 0 spiro atoms. The van der Waals surface area contributed by atoms with Crippen LogP contribution in [0.15, 0.2) is 12.2 Å².